The second kappa shape index (κ2) is 4.82. The van der Waals surface area contributed by atoms with E-state index in [9.17, 15) is 4.79 Å². The lowest BCUT2D eigenvalue weighted by atomic mass is 10.0. The van der Waals surface area contributed by atoms with Crippen LogP contribution in [0.25, 0.3) is 0 Å². The topological polar surface area (TPSA) is 17.1 Å². The molecule has 1 aromatic carbocycles. The zero-order valence-electron chi connectivity index (χ0n) is 8.73. The first-order chi connectivity index (χ1) is 6.99. The van der Waals surface area contributed by atoms with Gasteiger partial charge in [-0.2, -0.15) is 0 Å². The number of carbonyl (C=O) groups excluding carboxylic acids is 1. The quantitative estimate of drug-likeness (QED) is 0.566. The molecule has 0 saturated carbocycles. The van der Waals surface area contributed by atoms with Gasteiger partial charge in [-0.3, -0.25) is 4.79 Å². The van der Waals surface area contributed by atoms with Crippen LogP contribution in [-0.4, -0.2) is 5.78 Å². The maximum Gasteiger partial charge on any atom is 0.189 e. The van der Waals surface area contributed by atoms with Gasteiger partial charge in [-0.25, -0.2) is 0 Å². The van der Waals surface area contributed by atoms with Crippen LogP contribution in [0.15, 0.2) is 24.3 Å². The smallest absolute Gasteiger partial charge is 0.189 e. The van der Waals surface area contributed by atoms with E-state index in [1.807, 2.05) is 13.8 Å². The molecule has 0 N–H and O–H groups in total. The Balaban J connectivity index is 3.22. The first kappa shape index (κ1) is 12.3. The van der Waals surface area contributed by atoms with Gasteiger partial charge in [0.25, 0.3) is 0 Å². The number of carbonyl (C=O) groups is 1. The summed E-state index contributed by atoms with van der Waals surface area (Å²) < 4.78 is 0. The van der Waals surface area contributed by atoms with Gasteiger partial charge >= 0.3 is 0 Å². The van der Waals surface area contributed by atoms with Crippen LogP contribution in [0.2, 0.25) is 10.0 Å². The highest BCUT2D eigenvalue weighted by Gasteiger charge is 2.15. The Morgan fingerprint density at radius 3 is 2.47 bits per heavy atom. The number of hydrogen-bond donors (Lipinski definition) is 0. The summed E-state index contributed by atoms with van der Waals surface area (Å²) in [5.74, 6) is -0.135. The third-order valence-corrected chi connectivity index (χ3v) is 3.24. The molecule has 80 valence electrons. The van der Waals surface area contributed by atoms with Crippen LogP contribution >= 0.6 is 23.2 Å². The van der Waals surface area contributed by atoms with Gasteiger partial charge in [0, 0.05) is 5.56 Å². The third-order valence-electron chi connectivity index (χ3n) is 2.27. The van der Waals surface area contributed by atoms with Crippen molar-refractivity contribution in [1.29, 1.82) is 0 Å². The molecule has 0 atom stereocenters. The SMILES string of the molecule is C=C(CC)C(=O)c1ccc(C)c(Cl)c1Cl. The van der Waals surface area contributed by atoms with E-state index in [1.165, 1.54) is 0 Å². The van der Waals surface area contributed by atoms with Gasteiger partial charge < -0.3 is 0 Å². The number of rotatable bonds is 3. The molecule has 0 saturated heterocycles. The number of halogens is 2. The van der Waals surface area contributed by atoms with E-state index in [1.54, 1.807) is 12.1 Å². The van der Waals surface area contributed by atoms with Crippen LogP contribution in [0.4, 0.5) is 0 Å². The second-order valence-electron chi connectivity index (χ2n) is 3.34. The lowest BCUT2D eigenvalue weighted by molar-refractivity contribution is 0.103. The van der Waals surface area contributed by atoms with Crippen molar-refractivity contribution in [2.45, 2.75) is 20.3 Å². The summed E-state index contributed by atoms with van der Waals surface area (Å²) in [6.45, 7) is 7.41. The van der Waals surface area contributed by atoms with Crippen molar-refractivity contribution < 1.29 is 4.79 Å². The summed E-state index contributed by atoms with van der Waals surface area (Å²) in [5.41, 5.74) is 1.83. The van der Waals surface area contributed by atoms with Crippen LogP contribution in [-0.2, 0) is 0 Å². The predicted octanol–water partition coefficient (Wildman–Crippen LogP) is 4.45. The molecule has 0 aliphatic rings. The number of benzene rings is 1. The van der Waals surface area contributed by atoms with Crippen molar-refractivity contribution in [3.05, 3.63) is 45.5 Å². The zero-order chi connectivity index (χ0) is 11.6. The van der Waals surface area contributed by atoms with Crippen LogP contribution in [0.3, 0.4) is 0 Å². The van der Waals surface area contributed by atoms with Gasteiger partial charge in [0.15, 0.2) is 5.78 Å². The van der Waals surface area contributed by atoms with Gasteiger partial charge in [0.1, 0.15) is 0 Å². The fourth-order valence-electron chi connectivity index (χ4n) is 1.17. The Morgan fingerprint density at radius 2 is 1.93 bits per heavy atom. The Bertz CT molecular complexity index is 422. The molecule has 1 aromatic rings. The van der Waals surface area contributed by atoms with E-state index in [2.05, 4.69) is 6.58 Å². The van der Waals surface area contributed by atoms with Crippen molar-refractivity contribution in [2.75, 3.05) is 0 Å². The summed E-state index contributed by atoms with van der Waals surface area (Å²) in [7, 11) is 0. The maximum absolute atomic E-state index is 11.8. The molecule has 0 radical (unpaired) electrons. The molecule has 1 rings (SSSR count). The molecule has 0 spiro atoms. The lowest BCUT2D eigenvalue weighted by Gasteiger charge is -2.07. The number of allylic oxidation sites excluding steroid dienone is 1. The van der Waals surface area contributed by atoms with Crippen LogP contribution in [0.1, 0.15) is 29.3 Å². The molecule has 0 amide bonds. The Hall–Kier alpha value is -0.790. The van der Waals surface area contributed by atoms with Crippen LogP contribution in [0, 0.1) is 6.92 Å². The number of ketones is 1. The minimum absolute atomic E-state index is 0.135. The Labute approximate surface area is 99.7 Å². The molecule has 0 heterocycles. The molecule has 1 nitrogen and oxygen atoms in total. The Morgan fingerprint density at radius 1 is 1.33 bits per heavy atom. The van der Waals surface area contributed by atoms with Crippen LogP contribution < -0.4 is 0 Å². The molecule has 0 aliphatic carbocycles. The zero-order valence-corrected chi connectivity index (χ0v) is 10.2. The van der Waals surface area contributed by atoms with Crippen molar-refractivity contribution in [3.63, 3.8) is 0 Å². The van der Waals surface area contributed by atoms with Gasteiger partial charge in [0.2, 0.25) is 0 Å². The van der Waals surface area contributed by atoms with Gasteiger partial charge in [-0.05, 0) is 30.5 Å². The molecule has 15 heavy (non-hydrogen) atoms. The van der Waals surface area contributed by atoms with Crippen LogP contribution in [0.5, 0.6) is 0 Å². The minimum Gasteiger partial charge on any atom is -0.289 e. The molecular weight excluding hydrogens is 231 g/mol. The molecule has 0 unspecified atom stereocenters. The standard InChI is InChI=1S/C12H12Cl2O/c1-4-7(2)12(15)9-6-5-8(3)10(13)11(9)14/h5-6H,2,4H2,1,3H3. The largest absolute Gasteiger partial charge is 0.289 e. The summed E-state index contributed by atoms with van der Waals surface area (Å²) in [6, 6.07) is 3.47. The fourth-order valence-corrected chi connectivity index (χ4v) is 1.64. The predicted molar refractivity (Wildman–Crippen MR) is 65.0 cm³/mol. The average molecular weight is 243 g/mol. The molecule has 0 fully saturated rings. The monoisotopic (exact) mass is 242 g/mol. The van der Waals surface area contributed by atoms with Gasteiger partial charge in [0.05, 0.1) is 10.0 Å². The first-order valence-electron chi connectivity index (χ1n) is 4.66. The molecule has 0 bridgehead atoms. The van der Waals surface area contributed by atoms with Crippen molar-refractivity contribution in [3.8, 4) is 0 Å². The summed E-state index contributed by atoms with van der Waals surface area (Å²) in [6.07, 6.45) is 0.612. The van der Waals surface area contributed by atoms with Crippen molar-refractivity contribution in [2.24, 2.45) is 0 Å². The Kier molecular flexibility index (Phi) is 3.95. The average Bonchev–Trinajstić information content (AvgIpc) is 2.24. The third kappa shape index (κ3) is 2.42. The minimum atomic E-state index is -0.135. The second-order valence-corrected chi connectivity index (χ2v) is 4.10. The number of Topliss-reactive ketones (excluding diaryl/α,β-unsaturated/α-hetero) is 1. The van der Waals surface area contributed by atoms with E-state index in [0.717, 1.165) is 5.56 Å². The molecule has 3 heteroatoms. The number of hydrogen-bond acceptors (Lipinski definition) is 1. The normalized spacial score (nSPS) is 10.1. The van der Waals surface area contributed by atoms with Gasteiger partial charge in [-0.15, -0.1) is 0 Å². The fraction of sp³-hybridized carbons (Fsp3) is 0.250. The highest BCUT2D eigenvalue weighted by Crippen LogP contribution is 2.30. The summed E-state index contributed by atoms with van der Waals surface area (Å²) >= 11 is 12.0. The number of aryl methyl sites for hydroxylation is 1. The van der Waals surface area contributed by atoms with E-state index in [4.69, 9.17) is 23.2 Å². The molecular formula is C12H12Cl2O. The first-order valence-corrected chi connectivity index (χ1v) is 5.41. The summed E-state index contributed by atoms with van der Waals surface area (Å²) in [5, 5.41) is 0.752. The van der Waals surface area contributed by atoms with Crippen molar-refractivity contribution in [1.82, 2.24) is 0 Å². The maximum atomic E-state index is 11.8. The van der Waals surface area contributed by atoms with E-state index < -0.39 is 0 Å². The van der Waals surface area contributed by atoms with E-state index >= 15 is 0 Å². The highest BCUT2D eigenvalue weighted by molar-refractivity contribution is 6.44. The molecule has 0 aromatic heterocycles. The van der Waals surface area contributed by atoms with E-state index in [-0.39, 0.29) is 5.78 Å². The molecule has 0 aliphatic heterocycles. The summed E-state index contributed by atoms with van der Waals surface area (Å²) in [4.78, 5) is 11.8. The highest BCUT2D eigenvalue weighted by atomic mass is 35.5. The lowest BCUT2D eigenvalue weighted by Crippen LogP contribution is -2.03. The van der Waals surface area contributed by atoms with Gasteiger partial charge in [-0.1, -0.05) is 42.8 Å². The van der Waals surface area contributed by atoms with Crippen molar-refractivity contribution >= 4 is 29.0 Å². The van der Waals surface area contributed by atoms with E-state index in [0.29, 0.717) is 27.6 Å².